The van der Waals surface area contributed by atoms with E-state index >= 15 is 0 Å². The van der Waals surface area contributed by atoms with Crippen LogP contribution in [0.5, 0.6) is 5.75 Å². The third-order valence-electron chi connectivity index (χ3n) is 5.35. The lowest BCUT2D eigenvalue weighted by molar-refractivity contribution is 0.0695. The lowest BCUT2D eigenvalue weighted by Crippen LogP contribution is -2.46. The van der Waals surface area contributed by atoms with E-state index in [1.165, 1.54) is 6.20 Å². The first-order chi connectivity index (χ1) is 12.4. The summed E-state index contributed by atoms with van der Waals surface area (Å²) in [5.74, 6) is -0.802. The SMILES string of the molecule is C[C@H]1C[C@H](N)CN(c2ccc3c(=O)c(C(=O)O)cn(C4CC4)c3c2O)C1. The van der Waals surface area contributed by atoms with E-state index in [0.717, 1.165) is 25.8 Å². The summed E-state index contributed by atoms with van der Waals surface area (Å²) in [5, 5.41) is 20.6. The Morgan fingerprint density at radius 3 is 2.62 bits per heavy atom. The highest BCUT2D eigenvalue weighted by Gasteiger charge is 2.30. The molecule has 0 radical (unpaired) electrons. The van der Waals surface area contributed by atoms with E-state index < -0.39 is 11.4 Å². The van der Waals surface area contributed by atoms with Gasteiger partial charge in [-0.3, -0.25) is 4.79 Å². The number of aromatic nitrogens is 1. The van der Waals surface area contributed by atoms with Crippen LogP contribution in [0.4, 0.5) is 5.69 Å². The van der Waals surface area contributed by atoms with Gasteiger partial charge in [0.1, 0.15) is 5.56 Å². The number of aromatic hydroxyl groups is 1. The molecular weight excluding hydrogens is 334 g/mol. The van der Waals surface area contributed by atoms with Gasteiger partial charge in [0, 0.05) is 31.4 Å². The fourth-order valence-corrected chi connectivity index (χ4v) is 4.07. The van der Waals surface area contributed by atoms with Crippen LogP contribution in [0.15, 0.2) is 23.1 Å². The van der Waals surface area contributed by atoms with Crippen LogP contribution < -0.4 is 16.1 Å². The average molecular weight is 357 g/mol. The molecule has 4 rings (SSSR count). The minimum atomic E-state index is -1.24. The maximum absolute atomic E-state index is 12.6. The third-order valence-corrected chi connectivity index (χ3v) is 5.35. The van der Waals surface area contributed by atoms with Gasteiger partial charge in [-0.25, -0.2) is 4.79 Å². The topological polar surface area (TPSA) is 109 Å². The van der Waals surface area contributed by atoms with Crippen molar-refractivity contribution in [3.05, 3.63) is 34.1 Å². The Morgan fingerprint density at radius 2 is 2.00 bits per heavy atom. The molecule has 7 heteroatoms. The van der Waals surface area contributed by atoms with Gasteiger partial charge >= 0.3 is 5.97 Å². The number of phenols is 1. The summed E-state index contributed by atoms with van der Waals surface area (Å²) in [6.45, 7) is 3.56. The summed E-state index contributed by atoms with van der Waals surface area (Å²) >= 11 is 0. The van der Waals surface area contributed by atoms with E-state index in [0.29, 0.717) is 23.7 Å². The molecule has 1 aromatic carbocycles. The number of carboxylic acid groups (broad SMARTS) is 1. The van der Waals surface area contributed by atoms with E-state index in [2.05, 4.69) is 11.8 Å². The van der Waals surface area contributed by atoms with Crippen LogP contribution >= 0.6 is 0 Å². The first-order valence-electron chi connectivity index (χ1n) is 9.01. The van der Waals surface area contributed by atoms with Crippen molar-refractivity contribution in [1.29, 1.82) is 0 Å². The molecule has 1 aliphatic carbocycles. The number of fused-ring (bicyclic) bond motifs is 1. The number of pyridine rings is 1. The molecule has 1 aliphatic heterocycles. The monoisotopic (exact) mass is 357 g/mol. The number of nitrogens with two attached hydrogens (primary N) is 1. The molecule has 4 N–H and O–H groups in total. The number of nitrogens with zero attached hydrogens (tertiary/aromatic N) is 2. The van der Waals surface area contributed by atoms with Crippen molar-refractivity contribution in [2.45, 2.75) is 38.3 Å². The van der Waals surface area contributed by atoms with Gasteiger partial charge in [0.25, 0.3) is 0 Å². The molecule has 2 atom stereocenters. The van der Waals surface area contributed by atoms with Crippen molar-refractivity contribution in [3.8, 4) is 5.75 Å². The number of carboxylic acids is 1. The Bertz CT molecular complexity index is 938. The summed E-state index contributed by atoms with van der Waals surface area (Å²) in [4.78, 5) is 26.1. The second-order valence-corrected chi connectivity index (χ2v) is 7.65. The lowest BCUT2D eigenvalue weighted by Gasteiger charge is -2.37. The molecule has 1 aromatic heterocycles. The molecule has 1 saturated carbocycles. The summed E-state index contributed by atoms with van der Waals surface area (Å²) in [6, 6.07) is 3.49. The summed E-state index contributed by atoms with van der Waals surface area (Å²) in [5.41, 5.74) is 6.39. The normalized spacial score (nSPS) is 23.4. The fourth-order valence-electron chi connectivity index (χ4n) is 4.07. The second-order valence-electron chi connectivity index (χ2n) is 7.65. The maximum Gasteiger partial charge on any atom is 0.341 e. The molecule has 2 fully saturated rings. The van der Waals surface area contributed by atoms with Crippen LogP contribution in [0, 0.1) is 5.92 Å². The van der Waals surface area contributed by atoms with E-state index in [1.54, 1.807) is 16.7 Å². The first kappa shape index (κ1) is 16.9. The predicted octanol–water partition coefficient (Wildman–Crippen LogP) is 1.91. The van der Waals surface area contributed by atoms with Crippen molar-refractivity contribution in [2.75, 3.05) is 18.0 Å². The number of anilines is 1. The summed E-state index contributed by atoms with van der Waals surface area (Å²) in [6.07, 6.45) is 4.14. The largest absolute Gasteiger partial charge is 0.504 e. The predicted molar refractivity (Wildman–Crippen MR) is 99.1 cm³/mol. The van der Waals surface area contributed by atoms with Gasteiger partial charge in [-0.2, -0.15) is 0 Å². The molecule has 0 bridgehead atoms. The second kappa shape index (κ2) is 6.02. The van der Waals surface area contributed by atoms with Crippen molar-refractivity contribution in [1.82, 2.24) is 4.57 Å². The van der Waals surface area contributed by atoms with Crippen LogP contribution in [0.25, 0.3) is 10.9 Å². The zero-order valence-corrected chi connectivity index (χ0v) is 14.7. The summed E-state index contributed by atoms with van der Waals surface area (Å²) in [7, 11) is 0. The van der Waals surface area contributed by atoms with Gasteiger partial charge in [0.15, 0.2) is 5.75 Å². The van der Waals surface area contributed by atoms with E-state index in [-0.39, 0.29) is 28.8 Å². The van der Waals surface area contributed by atoms with Gasteiger partial charge in [0.2, 0.25) is 5.43 Å². The highest BCUT2D eigenvalue weighted by Crippen LogP contribution is 2.42. The van der Waals surface area contributed by atoms with Crippen LogP contribution in [-0.4, -0.2) is 39.9 Å². The molecule has 7 nitrogen and oxygen atoms in total. The highest BCUT2D eigenvalue weighted by molar-refractivity contribution is 5.96. The Morgan fingerprint density at radius 1 is 1.27 bits per heavy atom. The number of rotatable bonds is 3. The Hall–Kier alpha value is -2.54. The van der Waals surface area contributed by atoms with E-state index in [9.17, 15) is 19.8 Å². The van der Waals surface area contributed by atoms with E-state index in [1.807, 2.05) is 0 Å². The molecule has 0 spiro atoms. The smallest absolute Gasteiger partial charge is 0.341 e. The highest BCUT2D eigenvalue weighted by atomic mass is 16.4. The van der Waals surface area contributed by atoms with Crippen molar-refractivity contribution in [2.24, 2.45) is 11.7 Å². The molecule has 138 valence electrons. The summed E-state index contributed by atoms with van der Waals surface area (Å²) < 4.78 is 1.76. The number of aromatic carboxylic acids is 1. The molecule has 26 heavy (non-hydrogen) atoms. The minimum Gasteiger partial charge on any atom is -0.504 e. The quantitative estimate of drug-likeness (QED) is 0.774. The standard InChI is InChI=1S/C19H23N3O4/c1-10-6-11(20)8-21(7-10)15-5-4-13-16(18(15)24)22(12-2-3-12)9-14(17(13)23)19(25)26/h4-5,9-12,24H,2-3,6-8,20H2,1H3,(H,25,26)/t10-,11-/m0/s1. The van der Waals surface area contributed by atoms with Crippen LogP contribution in [-0.2, 0) is 0 Å². The molecule has 1 saturated heterocycles. The maximum atomic E-state index is 12.6. The van der Waals surface area contributed by atoms with E-state index in [4.69, 9.17) is 5.73 Å². The van der Waals surface area contributed by atoms with Gasteiger partial charge in [-0.15, -0.1) is 0 Å². The number of hydrogen-bond acceptors (Lipinski definition) is 5. The molecule has 0 unspecified atom stereocenters. The lowest BCUT2D eigenvalue weighted by atomic mass is 9.95. The number of piperidine rings is 1. The van der Waals surface area contributed by atoms with Crippen molar-refractivity contribution < 1.29 is 15.0 Å². The molecule has 2 heterocycles. The van der Waals surface area contributed by atoms with Gasteiger partial charge < -0.3 is 25.4 Å². The Kier molecular flexibility index (Phi) is 3.91. The van der Waals surface area contributed by atoms with Gasteiger partial charge in [0.05, 0.1) is 16.6 Å². The number of hydrogen-bond donors (Lipinski definition) is 3. The number of phenolic OH excluding ortho intramolecular Hbond substituents is 1. The van der Waals surface area contributed by atoms with Gasteiger partial charge in [-0.1, -0.05) is 6.92 Å². The van der Waals surface area contributed by atoms with Crippen molar-refractivity contribution in [3.63, 3.8) is 0 Å². The average Bonchev–Trinajstić information content (AvgIpc) is 3.39. The minimum absolute atomic E-state index is 0.0322. The van der Waals surface area contributed by atoms with Gasteiger partial charge in [-0.05, 0) is 37.3 Å². The molecular formula is C19H23N3O4. The molecule has 0 amide bonds. The Labute approximate surface area is 150 Å². The van der Waals surface area contributed by atoms with Crippen LogP contribution in [0.3, 0.4) is 0 Å². The third kappa shape index (κ3) is 2.72. The number of benzene rings is 1. The first-order valence-corrected chi connectivity index (χ1v) is 9.01. The van der Waals surface area contributed by atoms with Crippen LogP contribution in [0.2, 0.25) is 0 Å². The number of carbonyl (C=O) groups is 1. The Balaban J connectivity index is 1.92. The fraction of sp³-hybridized carbons (Fsp3) is 0.474. The zero-order valence-electron chi connectivity index (χ0n) is 14.7. The molecule has 2 aromatic rings. The molecule has 2 aliphatic rings. The van der Waals surface area contributed by atoms with Crippen molar-refractivity contribution >= 4 is 22.6 Å². The van der Waals surface area contributed by atoms with Crippen LogP contribution in [0.1, 0.15) is 42.6 Å². The zero-order chi connectivity index (χ0) is 18.6.